The molecule has 0 unspecified atom stereocenters. The van der Waals surface area contributed by atoms with Crippen molar-refractivity contribution in [1.82, 2.24) is 9.80 Å². The normalized spacial score (nSPS) is 17.1. The molecule has 0 bridgehead atoms. The molecule has 214 valence electrons. The van der Waals surface area contributed by atoms with Crippen LogP contribution in [-0.4, -0.2) is 73.0 Å². The van der Waals surface area contributed by atoms with Crippen LogP contribution < -0.4 is 14.2 Å². The Morgan fingerprint density at radius 2 is 1.68 bits per heavy atom. The summed E-state index contributed by atoms with van der Waals surface area (Å²) in [5.41, 5.74) is 2.30. The van der Waals surface area contributed by atoms with E-state index in [1.807, 2.05) is 23.6 Å². The maximum atomic E-state index is 13.4. The molecular formula is C31H31FN2O7. The van der Waals surface area contributed by atoms with Crippen LogP contribution in [0.15, 0.2) is 54.2 Å². The standard InChI is InChI=1S/C31H31FN2O7/c1-19-13-33(20(2)27(17-37)34(19)14-21-5-7-24(32)8-6-21)18-41-29-12-25(23(16-36)11-28(29)39-3)26-9-22(15-35)10-30(40-4)31(26)38/h5-12,15-16,19-20,38H,13-14,18H2,1-4H3/t19-,20+/m1/s1. The number of methoxy groups -OCH3 is 2. The number of carbonyl (C=O) groups excluding carboxylic acids is 3. The minimum absolute atomic E-state index is 0.0704. The lowest BCUT2D eigenvalue weighted by Gasteiger charge is -2.45. The molecule has 9 nitrogen and oxygen atoms in total. The average Bonchev–Trinajstić information content (AvgIpc) is 2.99. The number of phenols is 1. The monoisotopic (exact) mass is 562 g/mol. The first kappa shape index (κ1) is 29.3. The highest BCUT2D eigenvalue weighted by Gasteiger charge is 2.34. The van der Waals surface area contributed by atoms with Crippen LogP contribution in [0.1, 0.15) is 40.1 Å². The Kier molecular flexibility index (Phi) is 9.07. The Morgan fingerprint density at radius 3 is 2.29 bits per heavy atom. The van der Waals surface area contributed by atoms with Gasteiger partial charge >= 0.3 is 0 Å². The molecule has 1 aliphatic heterocycles. The van der Waals surface area contributed by atoms with Crippen molar-refractivity contribution in [1.29, 1.82) is 0 Å². The van der Waals surface area contributed by atoms with Crippen LogP contribution in [0.2, 0.25) is 0 Å². The third kappa shape index (κ3) is 6.09. The van der Waals surface area contributed by atoms with Gasteiger partial charge in [0.25, 0.3) is 0 Å². The molecule has 1 heterocycles. The number of benzene rings is 3. The topological polar surface area (TPSA) is 106 Å². The van der Waals surface area contributed by atoms with Crippen molar-refractivity contribution in [2.24, 2.45) is 0 Å². The summed E-state index contributed by atoms with van der Waals surface area (Å²) in [5, 5.41) is 10.8. The fraction of sp³-hybridized carbons (Fsp3) is 0.290. The summed E-state index contributed by atoms with van der Waals surface area (Å²) in [6, 6.07) is 11.6. The molecule has 0 radical (unpaired) electrons. The number of aromatic hydroxyl groups is 1. The minimum atomic E-state index is -0.346. The summed E-state index contributed by atoms with van der Waals surface area (Å²) in [6.07, 6.45) is 1.23. The molecule has 4 rings (SSSR count). The van der Waals surface area contributed by atoms with Gasteiger partial charge in [-0.25, -0.2) is 9.18 Å². The van der Waals surface area contributed by atoms with Crippen molar-refractivity contribution in [2.45, 2.75) is 32.5 Å². The number of rotatable bonds is 10. The molecule has 0 amide bonds. The minimum Gasteiger partial charge on any atom is -0.504 e. The summed E-state index contributed by atoms with van der Waals surface area (Å²) < 4.78 is 30.2. The number of ether oxygens (including phenoxy) is 3. The molecule has 1 fully saturated rings. The first-order valence-corrected chi connectivity index (χ1v) is 12.9. The number of piperazine rings is 1. The molecule has 0 aromatic heterocycles. The second kappa shape index (κ2) is 12.7. The van der Waals surface area contributed by atoms with E-state index in [1.165, 1.54) is 44.6 Å². The molecule has 10 heteroatoms. The van der Waals surface area contributed by atoms with Crippen molar-refractivity contribution in [3.05, 3.63) is 76.7 Å². The quantitative estimate of drug-likeness (QED) is 0.283. The van der Waals surface area contributed by atoms with Gasteiger partial charge in [-0.1, -0.05) is 12.1 Å². The van der Waals surface area contributed by atoms with Gasteiger partial charge in [0.05, 0.1) is 20.3 Å². The van der Waals surface area contributed by atoms with Crippen molar-refractivity contribution in [3.8, 4) is 34.1 Å². The lowest BCUT2D eigenvalue weighted by atomic mass is 9.96. The van der Waals surface area contributed by atoms with Gasteiger partial charge in [-0.2, -0.15) is 0 Å². The predicted molar refractivity (Wildman–Crippen MR) is 150 cm³/mol. The number of aldehydes is 2. The van der Waals surface area contributed by atoms with E-state index in [4.69, 9.17) is 14.2 Å². The van der Waals surface area contributed by atoms with Gasteiger partial charge in [0.15, 0.2) is 29.3 Å². The van der Waals surface area contributed by atoms with Crippen LogP contribution in [0.25, 0.3) is 11.1 Å². The summed E-state index contributed by atoms with van der Waals surface area (Å²) in [7, 11) is 2.80. The summed E-state index contributed by atoms with van der Waals surface area (Å²) >= 11 is 0. The van der Waals surface area contributed by atoms with E-state index in [0.29, 0.717) is 36.9 Å². The van der Waals surface area contributed by atoms with E-state index < -0.39 is 0 Å². The Hall–Kier alpha value is -4.66. The highest BCUT2D eigenvalue weighted by molar-refractivity contribution is 5.93. The zero-order valence-electron chi connectivity index (χ0n) is 23.2. The number of carbonyl (C=O) groups is 2. The lowest BCUT2D eigenvalue weighted by Crippen LogP contribution is -2.55. The first-order valence-electron chi connectivity index (χ1n) is 12.9. The Morgan fingerprint density at radius 1 is 0.976 bits per heavy atom. The van der Waals surface area contributed by atoms with Crippen molar-refractivity contribution >= 4 is 18.5 Å². The van der Waals surface area contributed by atoms with Gasteiger partial charge in [0, 0.05) is 35.8 Å². The molecule has 1 N–H and O–H groups in total. The van der Waals surface area contributed by atoms with Crippen LogP contribution in [-0.2, 0) is 11.3 Å². The number of halogens is 1. The van der Waals surface area contributed by atoms with Gasteiger partial charge in [-0.3, -0.25) is 14.5 Å². The molecule has 3 aromatic carbocycles. The van der Waals surface area contributed by atoms with Gasteiger partial charge in [-0.05, 0) is 61.4 Å². The van der Waals surface area contributed by atoms with Crippen LogP contribution in [0.5, 0.6) is 23.0 Å². The third-order valence-electron chi connectivity index (χ3n) is 7.25. The number of nitrogens with zero attached hydrogens (tertiary/aromatic N) is 2. The maximum absolute atomic E-state index is 13.4. The zero-order chi connectivity index (χ0) is 29.7. The number of phenolic OH excluding ortho intramolecular Hbond substituents is 1. The smallest absolute Gasteiger partial charge is 0.165 e. The molecular weight excluding hydrogens is 531 g/mol. The number of hydrogen-bond donors (Lipinski definition) is 1. The summed E-state index contributed by atoms with van der Waals surface area (Å²) in [6.45, 7) is 4.91. The third-order valence-corrected chi connectivity index (χ3v) is 7.25. The molecule has 1 saturated heterocycles. The molecule has 41 heavy (non-hydrogen) atoms. The van der Waals surface area contributed by atoms with Gasteiger partial charge < -0.3 is 24.2 Å². The van der Waals surface area contributed by atoms with Crippen LogP contribution in [0.4, 0.5) is 4.39 Å². The summed E-state index contributed by atoms with van der Waals surface area (Å²) in [4.78, 5) is 39.5. The fourth-order valence-corrected chi connectivity index (χ4v) is 4.97. The maximum Gasteiger partial charge on any atom is 0.165 e. The first-order chi connectivity index (χ1) is 19.7. The molecule has 0 spiro atoms. The van der Waals surface area contributed by atoms with E-state index >= 15 is 0 Å². The predicted octanol–water partition coefficient (Wildman–Crippen LogP) is 4.49. The van der Waals surface area contributed by atoms with E-state index in [2.05, 4.69) is 5.94 Å². The molecule has 0 aliphatic carbocycles. The van der Waals surface area contributed by atoms with Crippen LogP contribution >= 0.6 is 0 Å². The van der Waals surface area contributed by atoms with Gasteiger partial charge in [0.2, 0.25) is 0 Å². The molecule has 0 saturated carbocycles. The van der Waals surface area contributed by atoms with E-state index in [1.54, 1.807) is 18.2 Å². The van der Waals surface area contributed by atoms with Crippen molar-refractivity contribution in [2.75, 3.05) is 27.5 Å². The second-order valence-electron chi connectivity index (χ2n) is 9.76. The van der Waals surface area contributed by atoms with Crippen molar-refractivity contribution in [3.63, 3.8) is 0 Å². The van der Waals surface area contributed by atoms with Crippen LogP contribution in [0, 0.1) is 5.82 Å². The van der Waals surface area contributed by atoms with Gasteiger partial charge in [0.1, 0.15) is 30.5 Å². The highest BCUT2D eigenvalue weighted by atomic mass is 19.1. The Balaban J connectivity index is 1.61. The Bertz CT molecular complexity index is 1480. The molecule has 3 aromatic rings. The average molecular weight is 563 g/mol. The van der Waals surface area contributed by atoms with E-state index in [0.717, 1.165) is 5.56 Å². The van der Waals surface area contributed by atoms with Crippen molar-refractivity contribution < 1.29 is 38.1 Å². The fourth-order valence-electron chi connectivity index (χ4n) is 4.97. The zero-order valence-corrected chi connectivity index (χ0v) is 23.2. The van der Waals surface area contributed by atoms with Crippen LogP contribution in [0.3, 0.4) is 0 Å². The molecule has 2 atom stereocenters. The van der Waals surface area contributed by atoms with E-state index in [9.17, 15) is 23.9 Å². The Labute approximate surface area is 237 Å². The number of hydrogen-bond acceptors (Lipinski definition) is 9. The SMILES string of the molecule is COc1cc(C=O)c(-c2cc(C=O)cc(OC)c2O)cc1OCN1C[C@@H](C)N(Cc2ccc(F)cc2)C(=C=O)[C@@H]1C. The lowest BCUT2D eigenvalue weighted by molar-refractivity contribution is 0.0277. The largest absolute Gasteiger partial charge is 0.504 e. The molecule has 1 aliphatic rings. The second-order valence-corrected chi connectivity index (χ2v) is 9.76. The van der Waals surface area contributed by atoms with E-state index in [-0.39, 0.29) is 64.3 Å². The van der Waals surface area contributed by atoms with Gasteiger partial charge in [-0.15, -0.1) is 0 Å². The summed E-state index contributed by atoms with van der Waals surface area (Å²) in [5.74, 6) is 2.17. The highest BCUT2D eigenvalue weighted by Crippen LogP contribution is 2.43.